The smallest absolute Gasteiger partial charge is 0.338 e. The first-order chi connectivity index (χ1) is 19.7. The zero-order valence-corrected chi connectivity index (χ0v) is 26.5. The Morgan fingerprint density at radius 3 is 2.61 bits per heavy atom. The van der Waals surface area contributed by atoms with Crippen LogP contribution in [0.3, 0.4) is 0 Å². The SMILES string of the molecule is CCOC(=O)C1=C(C)N=c2s/c(=C\c3cc(Cl)cc(Br)c3OCc3cccc(Cl)c3)c(=O)n2[C@@H]1c1ccccc1Cl. The monoisotopic (exact) mass is 690 g/mol. The number of carbonyl (C=O) groups is 1. The van der Waals surface area contributed by atoms with Crippen LogP contribution in [0.5, 0.6) is 5.75 Å². The highest BCUT2D eigenvalue weighted by atomic mass is 79.9. The molecule has 0 fully saturated rings. The van der Waals surface area contributed by atoms with E-state index in [4.69, 9.17) is 44.3 Å². The number of rotatable bonds is 7. The van der Waals surface area contributed by atoms with Gasteiger partial charge in [-0.1, -0.05) is 76.5 Å². The van der Waals surface area contributed by atoms with Crippen LogP contribution in [0.15, 0.2) is 86.2 Å². The average molecular weight is 693 g/mol. The van der Waals surface area contributed by atoms with Gasteiger partial charge in [-0.2, -0.15) is 0 Å². The summed E-state index contributed by atoms with van der Waals surface area (Å²) in [5, 5.41) is 1.48. The molecule has 210 valence electrons. The number of carbonyl (C=O) groups excluding carboxylic acids is 1. The van der Waals surface area contributed by atoms with Gasteiger partial charge in [0, 0.05) is 20.6 Å². The lowest BCUT2D eigenvalue weighted by molar-refractivity contribution is -0.139. The molecule has 1 atom stereocenters. The Balaban J connectivity index is 1.66. The molecule has 0 amide bonds. The van der Waals surface area contributed by atoms with Gasteiger partial charge in [-0.3, -0.25) is 9.36 Å². The first-order valence-electron chi connectivity index (χ1n) is 12.5. The molecule has 5 rings (SSSR count). The lowest BCUT2D eigenvalue weighted by Gasteiger charge is -2.25. The zero-order chi connectivity index (χ0) is 29.3. The summed E-state index contributed by atoms with van der Waals surface area (Å²) >= 11 is 23.9. The Labute approximate surface area is 263 Å². The fraction of sp³-hybridized carbons (Fsp3) is 0.167. The van der Waals surface area contributed by atoms with Gasteiger partial charge in [0.25, 0.3) is 5.56 Å². The minimum atomic E-state index is -0.814. The first kappa shape index (κ1) is 29.6. The number of allylic oxidation sites excluding steroid dienone is 1. The molecule has 0 aliphatic carbocycles. The van der Waals surface area contributed by atoms with E-state index in [1.54, 1.807) is 56.3 Å². The minimum Gasteiger partial charge on any atom is -0.487 e. The van der Waals surface area contributed by atoms with Gasteiger partial charge in [-0.25, -0.2) is 9.79 Å². The fourth-order valence-electron chi connectivity index (χ4n) is 4.55. The van der Waals surface area contributed by atoms with E-state index in [-0.39, 0.29) is 24.3 Å². The van der Waals surface area contributed by atoms with Gasteiger partial charge in [-0.05, 0) is 77.3 Å². The van der Waals surface area contributed by atoms with E-state index in [9.17, 15) is 9.59 Å². The molecule has 0 spiro atoms. The van der Waals surface area contributed by atoms with Crippen LogP contribution in [-0.2, 0) is 16.1 Å². The van der Waals surface area contributed by atoms with Gasteiger partial charge < -0.3 is 9.47 Å². The van der Waals surface area contributed by atoms with Crippen molar-refractivity contribution in [3.8, 4) is 5.75 Å². The van der Waals surface area contributed by atoms with E-state index < -0.39 is 12.0 Å². The molecule has 0 N–H and O–H groups in total. The molecule has 0 radical (unpaired) electrons. The summed E-state index contributed by atoms with van der Waals surface area (Å²) < 4.78 is 14.0. The van der Waals surface area contributed by atoms with Crippen LogP contribution >= 0.6 is 62.1 Å². The van der Waals surface area contributed by atoms with Crippen molar-refractivity contribution in [2.45, 2.75) is 26.5 Å². The van der Waals surface area contributed by atoms with Crippen LogP contribution in [0.4, 0.5) is 0 Å². The molecule has 1 aromatic heterocycles. The van der Waals surface area contributed by atoms with E-state index in [1.165, 1.54) is 15.9 Å². The van der Waals surface area contributed by atoms with Crippen molar-refractivity contribution in [3.63, 3.8) is 0 Å². The van der Waals surface area contributed by atoms with Crippen molar-refractivity contribution in [2.75, 3.05) is 6.61 Å². The number of nitrogens with zero attached hydrogens (tertiary/aromatic N) is 2. The molecule has 41 heavy (non-hydrogen) atoms. The number of thiazole rings is 1. The van der Waals surface area contributed by atoms with E-state index in [0.717, 1.165) is 5.56 Å². The van der Waals surface area contributed by atoms with E-state index >= 15 is 0 Å². The van der Waals surface area contributed by atoms with Gasteiger partial charge in [0.15, 0.2) is 4.80 Å². The molecule has 0 saturated heterocycles. The van der Waals surface area contributed by atoms with Crippen LogP contribution < -0.4 is 19.6 Å². The third-order valence-corrected chi connectivity index (χ3v) is 8.68. The van der Waals surface area contributed by atoms with Crippen molar-refractivity contribution in [1.29, 1.82) is 0 Å². The Morgan fingerprint density at radius 1 is 1.10 bits per heavy atom. The third kappa shape index (κ3) is 6.17. The maximum Gasteiger partial charge on any atom is 0.338 e. The van der Waals surface area contributed by atoms with Crippen molar-refractivity contribution in [2.24, 2.45) is 4.99 Å². The number of hydrogen-bond donors (Lipinski definition) is 0. The number of aromatic nitrogens is 1. The normalized spacial score (nSPS) is 15.0. The van der Waals surface area contributed by atoms with E-state index in [0.29, 0.717) is 51.4 Å². The third-order valence-electron chi connectivity index (χ3n) is 6.31. The molecule has 6 nitrogen and oxygen atoms in total. The van der Waals surface area contributed by atoms with Gasteiger partial charge in [0.2, 0.25) is 0 Å². The highest BCUT2D eigenvalue weighted by Crippen LogP contribution is 2.36. The second kappa shape index (κ2) is 12.5. The Morgan fingerprint density at radius 2 is 1.88 bits per heavy atom. The molecule has 0 unspecified atom stereocenters. The topological polar surface area (TPSA) is 69.9 Å². The Bertz CT molecular complexity index is 1880. The summed E-state index contributed by atoms with van der Waals surface area (Å²) in [6, 6.07) is 17.1. The van der Waals surface area contributed by atoms with Crippen LogP contribution in [-0.4, -0.2) is 17.1 Å². The van der Waals surface area contributed by atoms with Crippen LogP contribution in [0.25, 0.3) is 6.08 Å². The Kier molecular flexibility index (Phi) is 9.06. The molecule has 4 aromatic rings. The quantitative estimate of drug-likeness (QED) is 0.194. The standard InChI is InChI=1S/C30H22BrCl3N2O4S/c1-3-39-29(38)25-16(2)35-30-36(26(25)21-9-4-5-10-23(21)34)28(37)24(41-30)13-18-12-20(33)14-22(31)27(18)40-15-17-7-6-8-19(32)11-17/h4-14,26H,3,15H2,1-2H3/b24-13-/t26-/m1/s1. The highest BCUT2D eigenvalue weighted by molar-refractivity contribution is 9.10. The van der Waals surface area contributed by atoms with Gasteiger partial charge in [0.05, 0.1) is 26.9 Å². The summed E-state index contributed by atoms with van der Waals surface area (Å²) in [7, 11) is 0. The first-order valence-corrected chi connectivity index (χ1v) is 15.2. The summed E-state index contributed by atoms with van der Waals surface area (Å²) in [6.45, 7) is 3.88. The lowest BCUT2D eigenvalue weighted by Crippen LogP contribution is -2.40. The summed E-state index contributed by atoms with van der Waals surface area (Å²) in [4.78, 5) is 32.2. The molecule has 3 aromatic carbocycles. The van der Waals surface area contributed by atoms with Gasteiger partial charge in [-0.15, -0.1) is 0 Å². The number of fused-ring (bicyclic) bond motifs is 1. The molecule has 0 saturated carbocycles. The number of ether oxygens (including phenoxy) is 2. The van der Waals surface area contributed by atoms with E-state index in [1.807, 2.05) is 24.3 Å². The highest BCUT2D eigenvalue weighted by Gasteiger charge is 2.34. The van der Waals surface area contributed by atoms with Crippen molar-refractivity contribution in [1.82, 2.24) is 4.57 Å². The number of esters is 1. The largest absolute Gasteiger partial charge is 0.487 e. The maximum absolute atomic E-state index is 14.0. The molecule has 11 heteroatoms. The second-order valence-corrected chi connectivity index (χ2v) is 12.2. The summed E-state index contributed by atoms with van der Waals surface area (Å²) in [5.41, 5.74) is 2.44. The summed E-state index contributed by atoms with van der Waals surface area (Å²) in [6.07, 6.45) is 1.71. The molecule has 2 heterocycles. The number of benzene rings is 3. The lowest BCUT2D eigenvalue weighted by atomic mass is 9.96. The molecule has 0 bridgehead atoms. The van der Waals surface area contributed by atoms with E-state index in [2.05, 4.69) is 20.9 Å². The molecule has 1 aliphatic rings. The molecular weight excluding hydrogens is 671 g/mol. The zero-order valence-electron chi connectivity index (χ0n) is 21.8. The van der Waals surface area contributed by atoms with Crippen molar-refractivity contribution < 1.29 is 14.3 Å². The van der Waals surface area contributed by atoms with Crippen molar-refractivity contribution >= 4 is 74.1 Å². The van der Waals surface area contributed by atoms with Gasteiger partial charge in [0.1, 0.15) is 18.4 Å². The fourth-order valence-corrected chi connectivity index (χ4v) is 6.98. The van der Waals surface area contributed by atoms with Crippen LogP contribution in [0.2, 0.25) is 15.1 Å². The predicted octanol–water partition coefficient (Wildman–Crippen LogP) is 7.10. The van der Waals surface area contributed by atoms with Crippen LogP contribution in [0, 0.1) is 0 Å². The number of halogens is 4. The minimum absolute atomic E-state index is 0.177. The molecular formula is C30H22BrCl3N2O4S. The van der Waals surface area contributed by atoms with Crippen LogP contribution in [0.1, 0.15) is 36.6 Å². The van der Waals surface area contributed by atoms with Crippen molar-refractivity contribution in [3.05, 3.63) is 128 Å². The maximum atomic E-state index is 14.0. The summed E-state index contributed by atoms with van der Waals surface area (Å²) in [5.74, 6) is -0.0466. The predicted molar refractivity (Wildman–Crippen MR) is 167 cm³/mol. The second-order valence-electron chi connectivity index (χ2n) is 9.05. The Hall–Kier alpha value is -2.88. The van der Waals surface area contributed by atoms with Gasteiger partial charge >= 0.3 is 5.97 Å². The average Bonchev–Trinajstić information content (AvgIpc) is 3.22. The molecule has 1 aliphatic heterocycles. The number of hydrogen-bond acceptors (Lipinski definition) is 6.